The van der Waals surface area contributed by atoms with Crippen LogP contribution in [0.15, 0.2) is 168 Å². The largest absolute Gasteiger partial charge is 0.485 e. The van der Waals surface area contributed by atoms with E-state index in [9.17, 15) is 0 Å². The summed E-state index contributed by atoms with van der Waals surface area (Å²) in [6.07, 6.45) is 4.60. The molecule has 4 aliphatic heterocycles. The van der Waals surface area contributed by atoms with Gasteiger partial charge < -0.3 is 19.9 Å². The van der Waals surface area contributed by atoms with Crippen LogP contribution in [0.25, 0.3) is 0 Å². The lowest BCUT2D eigenvalue weighted by Crippen LogP contribution is -2.58. The van der Waals surface area contributed by atoms with E-state index < -0.39 is 0 Å². The highest BCUT2D eigenvalue weighted by Gasteiger charge is 2.48. The number of fused-ring (bicyclic) bond motifs is 6. The van der Waals surface area contributed by atoms with E-state index in [0.29, 0.717) is 0 Å². The van der Waals surface area contributed by atoms with Crippen molar-refractivity contribution >= 4 is 51.8 Å². The molecule has 4 bridgehead atoms. The fraction of sp³-hybridized carbons (Fsp3) is 0.250. The molecule has 0 saturated carbocycles. The number of nitrogens with one attached hydrogen (secondary N) is 1. The second kappa shape index (κ2) is 13.2. The topological polar surface area (TPSA) is 27.7 Å². The van der Waals surface area contributed by atoms with Crippen molar-refractivity contribution in [3.05, 3.63) is 196 Å². The van der Waals surface area contributed by atoms with Crippen molar-refractivity contribution < 1.29 is 4.74 Å². The molecule has 61 heavy (non-hydrogen) atoms. The highest BCUT2D eigenvalue weighted by molar-refractivity contribution is 6.95. The van der Waals surface area contributed by atoms with Gasteiger partial charge in [0.1, 0.15) is 11.9 Å². The first-order valence-electron chi connectivity index (χ1n) is 22.0. The molecular formula is C56H54BN3O. The normalized spacial score (nSPS) is 19.3. The number of anilines is 6. The molecule has 6 aromatic carbocycles. The van der Waals surface area contributed by atoms with Gasteiger partial charge in [0, 0.05) is 56.6 Å². The second-order valence-electron chi connectivity index (χ2n) is 20.3. The van der Waals surface area contributed by atoms with Gasteiger partial charge in [0.15, 0.2) is 0 Å². The van der Waals surface area contributed by atoms with E-state index in [4.69, 9.17) is 4.74 Å². The smallest absolute Gasteiger partial charge is 0.272 e. The van der Waals surface area contributed by atoms with Gasteiger partial charge in [-0.1, -0.05) is 140 Å². The summed E-state index contributed by atoms with van der Waals surface area (Å²) < 4.78 is 6.61. The third kappa shape index (κ3) is 5.73. The summed E-state index contributed by atoms with van der Waals surface area (Å²) in [5, 5.41) is 4.21. The summed E-state index contributed by atoms with van der Waals surface area (Å²) in [6.45, 7) is 20.7. The van der Waals surface area contributed by atoms with E-state index >= 15 is 0 Å². The maximum Gasteiger partial charge on any atom is 0.272 e. The minimum Gasteiger partial charge on any atom is -0.485 e. The Hall–Kier alpha value is -6.20. The predicted molar refractivity (Wildman–Crippen MR) is 257 cm³/mol. The van der Waals surface area contributed by atoms with Crippen LogP contribution in [0.5, 0.6) is 5.75 Å². The number of para-hydroxylation sites is 1. The summed E-state index contributed by atoms with van der Waals surface area (Å²) in [6, 6.07) is 50.5. The van der Waals surface area contributed by atoms with Gasteiger partial charge >= 0.3 is 0 Å². The summed E-state index contributed by atoms with van der Waals surface area (Å²) in [5.41, 5.74) is 20.9. The molecular weight excluding hydrogens is 741 g/mol. The summed E-state index contributed by atoms with van der Waals surface area (Å²) in [4.78, 5) is 5.08. The van der Waals surface area contributed by atoms with Crippen molar-refractivity contribution in [1.82, 2.24) is 0 Å². The first kappa shape index (κ1) is 37.8. The molecule has 0 aromatic heterocycles. The Balaban J connectivity index is 1.25. The third-order valence-corrected chi connectivity index (χ3v) is 14.2. The molecule has 302 valence electrons. The molecule has 1 N–H and O–H groups in total. The lowest BCUT2D eigenvalue weighted by atomic mass is 9.34. The van der Waals surface area contributed by atoms with Crippen LogP contribution in [0, 0.1) is 0 Å². The maximum absolute atomic E-state index is 6.61. The van der Waals surface area contributed by atoms with Gasteiger partial charge in [-0.25, -0.2) is 0 Å². The van der Waals surface area contributed by atoms with Crippen LogP contribution in [0.1, 0.15) is 96.0 Å². The van der Waals surface area contributed by atoms with Crippen molar-refractivity contribution in [3.63, 3.8) is 0 Å². The number of benzene rings is 6. The molecule has 2 unspecified atom stereocenters. The molecule has 1 aliphatic carbocycles. The monoisotopic (exact) mass is 795 g/mol. The van der Waals surface area contributed by atoms with E-state index in [1.54, 1.807) is 0 Å². The molecule has 2 atom stereocenters. The Labute approximate surface area is 362 Å². The van der Waals surface area contributed by atoms with Crippen LogP contribution >= 0.6 is 0 Å². The third-order valence-electron chi connectivity index (χ3n) is 14.2. The van der Waals surface area contributed by atoms with E-state index in [1.165, 1.54) is 78.2 Å². The Morgan fingerprint density at radius 3 is 1.95 bits per heavy atom. The number of hydrogen-bond donors (Lipinski definition) is 1. The zero-order valence-corrected chi connectivity index (χ0v) is 36.9. The first-order valence-corrected chi connectivity index (χ1v) is 22.0. The maximum atomic E-state index is 6.61. The molecule has 6 aromatic rings. The minimum atomic E-state index is -0.221. The fourth-order valence-corrected chi connectivity index (χ4v) is 10.7. The zero-order chi connectivity index (χ0) is 42.2. The van der Waals surface area contributed by atoms with Gasteiger partial charge in [0.05, 0.1) is 5.70 Å². The lowest BCUT2D eigenvalue weighted by Gasteiger charge is -2.46. The molecule has 0 spiro atoms. The van der Waals surface area contributed by atoms with E-state index in [2.05, 4.69) is 223 Å². The standard InChI is InChI=1S/C56H54BN3O/c1-34-42(29-31-49-50(34)43-16-10-11-19-48(43)61-49)52-53-57-44-33-38(56(8,9)37-14-12-15-39(32-37)58-53)24-30-45(44)59(40-25-20-35(21-26-40)54(2,3)4)46-17-13-18-47(51(46)57)60(52)41-27-22-36(23-28-41)55(5,6)7/h10-33,49-50,58H,1-9H3. The Kier molecular flexibility index (Phi) is 8.15. The van der Waals surface area contributed by atoms with Gasteiger partial charge in [-0.15, -0.1) is 0 Å². The van der Waals surface area contributed by atoms with Crippen molar-refractivity contribution in [2.75, 3.05) is 15.1 Å². The van der Waals surface area contributed by atoms with Crippen LogP contribution in [0.3, 0.4) is 0 Å². The second-order valence-corrected chi connectivity index (χ2v) is 20.3. The molecule has 0 amide bonds. The van der Waals surface area contributed by atoms with Crippen molar-refractivity contribution in [2.24, 2.45) is 0 Å². The molecule has 5 heteroatoms. The molecule has 4 heterocycles. The van der Waals surface area contributed by atoms with E-state index in [1.807, 2.05) is 0 Å². The van der Waals surface area contributed by atoms with Crippen molar-refractivity contribution in [2.45, 2.75) is 90.6 Å². The quantitative estimate of drug-likeness (QED) is 0.181. The Morgan fingerprint density at radius 1 is 0.639 bits per heavy atom. The predicted octanol–water partition coefficient (Wildman–Crippen LogP) is 12.8. The Bertz CT molecular complexity index is 2880. The highest BCUT2D eigenvalue weighted by atomic mass is 16.5. The van der Waals surface area contributed by atoms with Gasteiger partial charge in [-0.3, -0.25) is 0 Å². The highest BCUT2D eigenvalue weighted by Crippen LogP contribution is 2.52. The molecule has 11 rings (SSSR count). The fourth-order valence-electron chi connectivity index (χ4n) is 10.7. The summed E-state index contributed by atoms with van der Waals surface area (Å²) in [5.74, 6) is 1.09. The van der Waals surface area contributed by atoms with Crippen LogP contribution in [-0.4, -0.2) is 12.8 Å². The average molecular weight is 796 g/mol. The van der Waals surface area contributed by atoms with Gasteiger partial charge in [0.25, 0.3) is 6.71 Å². The summed E-state index contributed by atoms with van der Waals surface area (Å²) >= 11 is 0. The number of nitrogens with zero attached hydrogens (tertiary/aromatic N) is 2. The van der Waals surface area contributed by atoms with Crippen LogP contribution < -0.4 is 30.8 Å². The first-order chi connectivity index (χ1) is 29.2. The molecule has 0 fully saturated rings. The van der Waals surface area contributed by atoms with Crippen molar-refractivity contribution in [3.8, 4) is 5.75 Å². The number of ether oxygens (including phenoxy) is 1. The van der Waals surface area contributed by atoms with Crippen LogP contribution in [0.2, 0.25) is 0 Å². The number of allylic oxidation sites excluding steroid dienone is 1. The van der Waals surface area contributed by atoms with Crippen LogP contribution in [-0.2, 0) is 16.2 Å². The Morgan fingerprint density at radius 2 is 1.26 bits per heavy atom. The van der Waals surface area contributed by atoms with Gasteiger partial charge in [-0.2, -0.15) is 0 Å². The summed E-state index contributed by atoms with van der Waals surface area (Å²) in [7, 11) is 0. The average Bonchev–Trinajstić information content (AvgIpc) is 3.63. The van der Waals surface area contributed by atoms with E-state index in [0.717, 1.165) is 22.8 Å². The molecule has 5 aliphatic rings. The van der Waals surface area contributed by atoms with Gasteiger partial charge in [-0.05, 0) is 123 Å². The molecule has 0 saturated heterocycles. The minimum absolute atomic E-state index is 0.0237. The molecule has 0 radical (unpaired) electrons. The number of hydrogen-bond acceptors (Lipinski definition) is 4. The van der Waals surface area contributed by atoms with Crippen molar-refractivity contribution in [1.29, 1.82) is 0 Å². The molecule has 4 nitrogen and oxygen atoms in total. The number of rotatable bonds is 3. The zero-order valence-electron chi connectivity index (χ0n) is 36.9. The van der Waals surface area contributed by atoms with Gasteiger partial charge in [0.2, 0.25) is 0 Å². The SMILES string of the molecule is CC1=C(C2=C3Nc4cccc(c4)C(C)(C)c4ccc5c(c4)B3c3c(cccc3N5c3ccc(C(C)(C)C)cc3)N2c2ccc(C(C)(C)C)cc2)C=CC2Oc3ccccc3C12. The van der Waals surface area contributed by atoms with E-state index in [-0.39, 0.29) is 35.0 Å². The van der Waals surface area contributed by atoms with Crippen LogP contribution in [0.4, 0.5) is 34.1 Å². The lowest BCUT2D eigenvalue weighted by molar-refractivity contribution is 0.264.